The fourth-order valence-electron chi connectivity index (χ4n) is 2.88. The zero-order chi connectivity index (χ0) is 19.0. The fourth-order valence-corrected chi connectivity index (χ4v) is 3.09. The SMILES string of the molecule is Cc1ccc(Oc2ccc(N3C=Nc4ccc(N)cc4C3N)cc2Cl)cn1. The quantitative estimate of drug-likeness (QED) is 0.651. The second-order valence-corrected chi connectivity index (χ2v) is 6.67. The first-order valence-corrected chi connectivity index (χ1v) is 8.76. The number of fused-ring (bicyclic) bond motifs is 1. The molecule has 136 valence electrons. The van der Waals surface area contributed by atoms with Crippen LogP contribution in [0.25, 0.3) is 0 Å². The zero-order valence-electron chi connectivity index (χ0n) is 14.6. The van der Waals surface area contributed by atoms with Crippen molar-refractivity contribution < 1.29 is 4.74 Å². The van der Waals surface area contributed by atoms with Crippen molar-refractivity contribution in [3.63, 3.8) is 0 Å². The van der Waals surface area contributed by atoms with Crippen molar-refractivity contribution in [2.45, 2.75) is 13.1 Å². The Labute approximate surface area is 162 Å². The van der Waals surface area contributed by atoms with E-state index in [0.29, 0.717) is 22.2 Å². The van der Waals surface area contributed by atoms with Crippen LogP contribution in [0.15, 0.2) is 59.7 Å². The van der Waals surface area contributed by atoms with Gasteiger partial charge in [0.25, 0.3) is 0 Å². The molecule has 1 aliphatic heterocycles. The van der Waals surface area contributed by atoms with Gasteiger partial charge in [-0.2, -0.15) is 0 Å². The lowest BCUT2D eigenvalue weighted by atomic mass is 10.1. The van der Waals surface area contributed by atoms with Gasteiger partial charge in [-0.3, -0.25) is 4.98 Å². The van der Waals surface area contributed by atoms with E-state index >= 15 is 0 Å². The molecular weight excluding hydrogens is 362 g/mol. The average Bonchev–Trinajstić information content (AvgIpc) is 2.66. The minimum atomic E-state index is -0.412. The van der Waals surface area contributed by atoms with Crippen LogP contribution >= 0.6 is 11.6 Å². The molecule has 1 atom stereocenters. The standard InChI is InChI=1S/C20H18ClN5O/c1-12-2-5-15(10-24-12)27-19-7-4-14(9-17(19)21)26-11-25-18-6-3-13(22)8-16(18)20(26)23/h2-11,20H,22-23H2,1H3. The number of halogens is 1. The summed E-state index contributed by atoms with van der Waals surface area (Å²) in [4.78, 5) is 10.5. The van der Waals surface area contributed by atoms with Gasteiger partial charge in [-0.25, -0.2) is 4.99 Å². The van der Waals surface area contributed by atoms with Crippen LogP contribution in [0, 0.1) is 6.92 Å². The molecule has 0 saturated carbocycles. The van der Waals surface area contributed by atoms with Gasteiger partial charge in [0.2, 0.25) is 0 Å². The predicted molar refractivity (Wildman–Crippen MR) is 109 cm³/mol. The Balaban J connectivity index is 1.60. The summed E-state index contributed by atoms with van der Waals surface area (Å²) in [6.07, 6.45) is 2.94. The summed E-state index contributed by atoms with van der Waals surface area (Å²) in [6.45, 7) is 1.92. The van der Waals surface area contributed by atoms with E-state index in [2.05, 4.69) is 9.98 Å². The number of nitrogen functional groups attached to an aromatic ring is 1. The summed E-state index contributed by atoms with van der Waals surface area (Å²) >= 11 is 6.43. The number of aliphatic imine (C=N–C) groups is 1. The number of nitrogens with two attached hydrogens (primary N) is 2. The van der Waals surface area contributed by atoms with Crippen molar-refractivity contribution in [2.75, 3.05) is 10.6 Å². The maximum absolute atomic E-state index is 6.43. The summed E-state index contributed by atoms with van der Waals surface area (Å²) in [5.41, 5.74) is 16.3. The van der Waals surface area contributed by atoms with Crippen LogP contribution < -0.4 is 21.1 Å². The van der Waals surface area contributed by atoms with Crippen molar-refractivity contribution in [1.82, 2.24) is 4.98 Å². The maximum atomic E-state index is 6.43. The number of ether oxygens (including phenoxy) is 1. The largest absolute Gasteiger partial charge is 0.454 e. The monoisotopic (exact) mass is 379 g/mol. The molecule has 0 saturated heterocycles. The molecule has 0 bridgehead atoms. The third kappa shape index (κ3) is 3.45. The van der Waals surface area contributed by atoms with Crippen LogP contribution in [0.4, 0.5) is 17.1 Å². The molecule has 2 aromatic carbocycles. The Kier molecular flexibility index (Phi) is 4.43. The van der Waals surface area contributed by atoms with E-state index in [-0.39, 0.29) is 0 Å². The van der Waals surface area contributed by atoms with Gasteiger partial charge in [0, 0.05) is 22.6 Å². The van der Waals surface area contributed by atoms with Crippen molar-refractivity contribution in [3.05, 3.63) is 71.0 Å². The molecule has 4 rings (SSSR count). The molecule has 3 aromatic rings. The molecule has 1 aliphatic rings. The molecule has 0 fully saturated rings. The Morgan fingerprint density at radius 1 is 1.11 bits per heavy atom. The molecule has 2 heterocycles. The summed E-state index contributed by atoms with van der Waals surface area (Å²) in [5.74, 6) is 1.16. The van der Waals surface area contributed by atoms with E-state index in [1.807, 2.05) is 48.2 Å². The minimum Gasteiger partial charge on any atom is -0.454 e. The average molecular weight is 380 g/mol. The van der Waals surface area contributed by atoms with E-state index < -0.39 is 6.17 Å². The molecule has 0 spiro atoms. The summed E-state index contributed by atoms with van der Waals surface area (Å²) in [6, 6.07) is 14.7. The van der Waals surface area contributed by atoms with Crippen molar-refractivity contribution in [3.8, 4) is 11.5 Å². The number of hydrogen-bond donors (Lipinski definition) is 2. The third-order valence-corrected chi connectivity index (χ3v) is 4.61. The first-order valence-electron chi connectivity index (χ1n) is 8.39. The van der Waals surface area contributed by atoms with Crippen LogP contribution in [-0.4, -0.2) is 11.3 Å². The molecule has 0 aliphatic carbocycles. The van der Waals surface area contributed by atoms with Crippen molar-refractivity contribution in [2.24, 2.45) is 10.7 Å². The summed E-state index contributed by atoms with van der Waals surface area (Å²) < 4.78 is 5.81. The van der Waals surface area contributed by atoms with Gasteiger partial charge < -0.3 is 21.1 Å². The highest BCUT2D eigenvalue weighted by Gasteiger charge is 2.23. The molecule has 1 unspecified atom stereocenters. The maximum Gasteiger partial charge on any atom is 0.146 e. The highest BCUT2D eigenvalue weighted by molar-refractivity contribution is 6.32. The highest BCUT2D eigenvalue weighted by Crippen LogP contribution is 2.37. The van der Waals surface area contributed by atoms with Crippen LogP contribution in [-0.2, 0) is 0 Å². The lowest BCUT2D eigenvalue weighted by Crippen LogP contribution is -2.35. The zero-order valence-corrected chi connectivity index (χ0v) is 15.4. The number of rotatable bonds is 3. The van der Waals surface area contributed by atoms with Crippen LogP contribution in [0.3, 0.4) is 0 Å². The molecule has 6 nitrogen and oxygen atoms in total. The predicted octanol–water partition coefficient (Wildman–Crippen LogP) is 4.56. The lowest BCUT2D eigenvalue weighted by Gasteiger charge is -2.31. The van der Waals surface area contributed by atoms with E-state index in [1.165, 1.54) is 0 Å². The first kappa shape index (κ1) is 17.3. The topological polar surface area (TPSA) is 89.8 Å². The molecule has 0 amide bonds. The summed E-state index contributed by atoms with van der Waals surface area (Å²) in [5, 5.41) is 0.465. The number of hydrogen-bond acceptors (Lipinski definition) is 6. The number of aryl methyl sites for hydroxylation is 1. The van der Waals surface area contributed by atoms with E-state index in [9.17, 15) is 0 Å². The van der Waals surface area contributed by atoms with E-state index in [4.69, 9.17) is 27.8 Å². The lowest BCUT2D eigenvalue weighted by molar-refractivity contribution is 0.480. The first-order chi connectivity index (χ1) is 13.0. The van der Waals surface area contributed by atoms with Gasteiger partial charge in [-0.1, -0.05) is 11.6 Å². The Morgan fingerprint density at radius 3 is 2.70 bits per heavy atom. The molecule has 0 radical (unpaired) electrons. The smallest absolute Gasteiger partial charge is 0.146 e. The fraction of sp³-hybridized carbons (Fsp3) is 0.100. The van der Waals surface area contributed by atoms with Gasteiger partial charge in [-0.15, -0.1) is 0 Å². The normalized spacial score (nSPS) is 15.5. The van der Waals surface area contributed by atoms with E-state index in [1.54, 1.807) is 24.7 Å². The molecule has 4 N–H and O–H groups in total. The minimum absolute atomic E-state index is 0.412. The molecule has 7 heteroatoms. The second kappa shape index (κ2) is 6.90. The summed E-state index contributed by atoms with van der Waals surface area (Å²) in [7, 11) is 0. The molecule has 27 heavy (non-hydrogen) atoms. The van der Waals surface area contributed by atoms with E-state index in [0.717, 1.165) is 22.6 Å². The number of anilines is 2. The number of aromatic nitrogens is 1. The van der Waals surface area contributed by atoms with Gasteiger partial charge in [-0.05, 0) is 55.5 Å². The highest BCUT2D eigenvalue weighted by atomic mass is 35.5. The van der Waals surface area contributed by atoms with Crippen LogP contribution in [0.5, 0.6) is 11.5 Å². The van der Waals surface area contributed by atoms with Gasteiger partial charge in [0.15, 0.2) is 0 Å². The number of nitrogens with zero attached hydrogens (tertiary/aromatic N) is 3. The second-order valence-electron chi connectivity index (χ2n) is 6.27. The Bertz CT molecular complexity index is 1020. The third-order valence-electron chi connectivity index (χ3n) is 4.32. The molecule has 1 aromatic heterocycles. The Morgan fingerprint density at radius 2 is 1.96 bits per heavy atom. The van der Waals surface area contributed by atoms with Gasteiger partial charge >= 0.3 is 0 Å². The number of pyridine rings is 1. The van der Waals surface area contributed by atoms with Crippen molar-refractivity contribution in [1.29, 1.82) is 0 Å². The molecular formula is C20H18ClN5O. The van der Waals surface area contributed by atoms with Crippen LogP contribution in [0.1, 0.15) is 17.4 Å². The number of benzene rings is 2. The van der Waals surface area contributed by atoms with Crippen LogP contribution in [0.2, 0.25) is 5.02 Å². The van der Waals surface area contributed by atoms with Gasteiger partial charge in [0.05, 0.1) is 23.2 Å². The van der Waals surface area contributed by atoms with Gasteiger partial charge in [0.1, 0.15) is 17.7 Å². The Hall–Kier alpha value is -3.09. The van der Waals surface area contributed by atoms with Crippen molar-refractivity contribution >= 4 is 35.0 Å².